The minimum absolute atomic E-state index is 0.294. The Hall–Kier alpha value is -1.73. The molecule has 0 aliphatic heterocycles. The van der Waals surface area contributed by atoms with E-state index in [0.29, 0.717) is 36.8 Å². The molecule has 1 heterocycles. The van der Waals surface area contributed by atoms with Gasteiger partial charge >= 0.3 is 12.1 Å². The number of nitrogens with one attached hydrogen (secondary N) is 1. The largest absolute Gasteiger partial charge is 0.461 e. The van der Waals surface area contributed by atoms with Crippen LogP contribution < -0.4 is 5.32 Å². The van der Waals surface area contributed by atoms with E-state index in [9.17, 15) is 9.59 Å². The average Bonchev–Trinajstić information content (AvgIpc) is 2.88. The topological polar surface area (TPSA) is 69.6 Å². The Morgan fingerprint density at radius 1 is 1.26 bits per heavy atom. The van der Waals surface area contributed by atoms with Crippen LogP contribution in [0.3, 0.4) is 0 Å². The number of amides is 1. The zero-order valence-corrected chi connectivity index (χ0v) is 18.2. The lowest BCUT2D eigenvalue weighted by Gasteiger charge is -2.19. The first-order valence-electron chi connectivity index (χ1n) is 8.74. The van der Waals surface area contributed by atoms with Crippen LogP contribution in [0.4, 0.5) is 4.79 Å². The molecule has 0 spiro atoms. The molecular weight excluding hydrogens is 436 g/mol. The van der Waals surface area contributed by atoms with Crippen molar-refractivity contribution in [1.29, 1.82) is 0 Å². The summed E-state index contributed by atoms with van der Waals surface area (Å²) in [6, 6.07) is 5.36. The van der Waals surface area contributed by atoms with E-state index in [2.05, 4.69) is 21.2 Å². The Kier molecular flexibility index (Phi) is 7.17. The number of esters is 1. The number of rotatable bonds is 6. The first kappa shape index (κ1) is 21.6. The highest BCUT2D eigenvalue weighted by molar-refractivity contribution is 9.10. The number of alkyl carbamates (subject to hydrolysis) is 1. The molecule has 148 valence electrons. The molecule has 0 saturated heterocycles. The predicted octanol–water partition coefficient (Wildman–Crippen LogP) is 5.15. The summed E-state index contributed by atoms with van der Waals surface area (Å²) < 4.78 is 13.1. The summed E-state index contributed by atoms with van der Waals surface area (Å²) in [7, 11) is 0. The standard InChI is InChI=1S/C19H24BrClN2O4/c1-5-26-17(24)15-10-12-9-13(21)11-14(20)16(12)23(15)8-6-7-22-18(25)27-19(2,3)4/h9-11H,5-8H2,1-4H3,(H,22,25). The van der Waals surface area contributed by atoms with E-state index in [0.717, 1.165) is 15.4 Å². The zero-order chi connectivity index (χ0) is 20.2. The van der Waals surface area contributed by atoms with Crippen molar-refractivity contribution in [3.8, 4) is 0 Å². The van der Waals surface area contributed by atoms with Crippen LogP contribution in [-0.4, -0.2) is 35.4 Å². The Morgan fingerprint density at radius 3 is 2.59 bits per heavy atom. The quantitative estimate of drug-likeness (QED) is 0.479. The second-order valence-corrected chi connectivity index (χ2v) is 8.30. The maximum absolute atomic E-state index is 12.3. The summed E-state index contributed by atoms with van der Waals surface area (Å²) in [6.07, 6.45) is 0.156. The van der Waals surface area contributed by atoms with Crippen LogP contribution in [0, 0.1) is 0 Å². The minimum atomic E-state index is -0.540. The van der Waals surface area contributed by atoms with Crippen LogP contribution in [0.1, 0.15) is 44.6 Å². The van der Waals surface area contributed by atoms with Gasteiger partial charge in [-0.2, -0.15) is 0 Å². The number of fused-ring (bicyclic) bond motifs is 1. The summed E-state index contributed by atoms with van der Waals surface area (Å²) in [6.45, 7) is 8.44. The van der Waals surface area contributed by atoms with Gasteiger partial charge in [-0.3, -0.25) is 0 Å². The molecule has 1 aromatic heterocycles. The van der Waals surface area contributed by atoms with Crippen molar-refractivity contribution in [1.82, 2.24) is 9.88 Å². The molecule has 2 aromatic rings. The number of ether oxygens (including phenoxy) is 2. The average molecular weight is 460 g/mol. The molecule has 0 saturated carbocycles. The van der Waals surface area contributed by atoms with Crippen LogP contribution in [0.25, 0.3) is 10.9 Å². The van der Waals surface area contributed by atoms with Crippen molar-refractivity contribution in [2.45, 2.75) is 46.3 Å². The van der Waals surface area contributed by atoms with Gasteiger partial charge in [-0.05, 0) is 68.2 Å². The van der Waals surface area contributed by atoms with Gasteiger partial charge in [-0.25, -0.2) is 9.59 Å². The molecule has 1 N–H and O–H groups in total. The lowest BCUT2D eigenvalue weighted by Crippen LogP contribution is -2.33. The molecule has 0 atom stereocenters. The molecule has 0 radical (unpaired) electrons. The Labute approximate surface area is 172 Å². The smallest absolute Gasteiger partial charge is 0.407 e. The van der Waals surface area contributed by atoms with Crippen LogP contribution in [0.2, 0.25) is 5.02 Å². The van der Waals surface area contributed by atoms with Crippen LogP contribution in [0.15, 0.2) is 22.7 Å². The van der Waals surface area contributed by atoms with Gasteiger partial charge in [-0.15, -0.1) is 0 Å². The second-order valence-electron chi connectivity index (χ2n) is 7.01. The lowest BCUT2D eigenvalue weighted by atomic mass is 10.2. The summed E-state index contributed by atoms with van der Waals surface area (Å²) in [5, 5.41) is 4.15. The fourth-order valence-corrected chi connectivity index (χ4v) is 3.72. The molecule has 6 nitrogen and oxygen atoms in total. The van der Waals surface area contributed by atoms with E-state index in [4.69, 9.17) is 21.1 Å². The number of carbonyl (C=O) groups excluding carboxylic acids is 2. The third-order valence-corrected chi connectivity index (χ3v) is 4.44. The maximum Gasteiger partial charge on any atom is 0.407 e. The highest BCUT2D eigenvalue weighted by atomic mass is 79.9. The van der Waals surface area contributed by atoms with Crippen LogP contribution >= 0.6 is 27.5 Å². The number of halogens is 2. The summed E-state index contributed by atoms with van der Waals surface area (Å²) in [5.74, 6) is -0.392. The second kappa shape index (κ2) is 8.97. The summed E-state index contributed by atoms with van der Waals surface area (Å²) in [4.78, 5) is 24.1. The SMILES string of the molecule is CCOC(=O)c1cc2cc(Cl)cc(Br)c2n1CCCNC(=O)OC(C)(C)C. The number of hydrogen-bond acceptors (Lipinski definition) is 4. The fraction of sp³-hybridized carbons (Fsp3) is 0.474. The van der Waals surface area contributed by atoms with E-state index in [1.165, 1.54) is 0 Å². The molecular formula is C19H24BrClN2O4. The monoisotopic (exact) mass is 458 g/mol. The maximum atomic E-state index is 12.3. The van der Waals surface area contributed by atoms with Crippen molar-refractivity contribution in [2.24, 2.45) is 0 Å². The molecule has 1 aromatic carbocycles. The third kappa shape index (κ3) is 5.87. The first-order valence-corrected chi connectivity index (χ1v) is 9.91. The van der Waals surface area contributed by atoms with E-state index < -0.39 is 17.7 Å². The van der Waals surface area contributed by atoms with Gasteiger partial charge in [0.05, 0.1) is 12.1 Å². The molecule has 0 bridgehead atoms. The number of aryl methyl sites for hydroxylation is 1. The normalized spacial score (nSPS) is 11.5. The van der Waals surface area contributed by atoms with E-state index in [-0.39, 0.29) is 0 Å². The molecule has 0 aliphatic carbocycles. The molecule has 1 amide bonds. The summed E-state index contributed by atoms with van der Waals surface area (Å²) in [5.41, 5.74) is 0.772. The number of hydrogen-bond donors (Lipinski definition) is 1. The van der Waals surface area contributed by atoms with E-state index in [1.54, 1.807) is 25.1 Å². The Bertz CT molecular complexity index is 842. The van der Waals surface area contributed by atoms with Gasteiger partial charge in [0.15, 0.2) is 0 Å². The lowest BCUT2D eigenvalue weighted by molar-refractivity contribution is 0.0503. The van der Waals surface area contributed by atoms with Crippen LogP contribution in [0.5, 0.6) is 0 Å². The van der Waals surface area contributed by atoms with E-state index in [1.807, 2.05) is 25.3 Å². The number of aromatic nitrogens is 1. The fourth-order valence-electron chi connectivity index (χ4n) is 2.67. The van der Waals surface area contributed by atoms with Crippen molar-refractivity contribution >= 4 is 50.5 Å². The van der Waals surface area contributed by atoms with Gasteiger partial charge < -0.3 is 19.4 Å². The minimum Gasteiger partial charge on any atom is -0.461 e. The first-order chi connectivity index (χ1) is 12.6. The van der Waals surface area contributed by atoms with Crippen LogP contribution in [-0.2, 0) is 16.0 Å². The van der Waals surface area contributed by atoms with Crippen molar-refractivity contribution in [2.75, 3.05) is 13.2 Å². The van der Waals surface area contributed by atoms with Crippen molar-refractivity contribution in [3.63, 3.8) is 0 Å². The highest BCUT2D eigenvalue weighted by Crippen LogP contribution is 2.31. The molecule has 27 heavy (non-hydrogen) atoms. The highest BCUT2D eigenvalue weighted by Gasteiger charge is 2.19. The molecule has 0 unspecified atom stereocenters. The molecule has 2 rings (SSSR count). The van der Waals surface area contributed by atoms with Gasteiger partial charge in [0.25, 0.3) is 0 Å². The molecule has 0 fully saturated rings. The van der Waals surface area contributed by atoms with Crippen molar-refractivity contribution in [3.05, 3.63) is 33.4 Å². The Balaban J connectivity index is 2.17. The Morgan fingerprint density at radius 2 is 1.96 bits per heavy atom. The molecule has 0 aliphatic rings. The molecule has 8 heteroatoms. The zero-order valence-electron chi connectivity index (χ0n) is 15.9. The van der Waals surface area contributed by atoms with Crippen molar-refractivity contribution < 1.29 is 19.1 Å². The number of benzene rings is 1. The van der Waals surface area contributed by atoms with Gasteiger partial charge in [0.1, 0.15) is 11.3 Å². The van der Waals surface area contributed by atoms with E-state index >= 15 is 0 Å². The third-order valence-electron chi connectivity index (χ3n) is 3.62. The van der Waals surface area contributed by atoms with Gasteiger partial charge in [0, 0.05) is 28.0 Å². The number of carbonyl (C=O) groups is 2. The van der Waals surface area contributed by atoms with Gasteiger partial charge in [-0.1, -0.05) is 11.6 Å². The summed E-state index contributed by atoms with van der Waals surface area (Å²) >= 11 is 9.64. The number of nitrogens with zero attached hydrogens (tertiary/aromatic N) is 1. The predicted molar refractivity (Wildman–Crippen MR) is 109 cm³/mol. The van der Waals surface area contributed by atoms with Gasteiger partial charge in [0.2, 0.25) is 0 Å².